The van der Waals surface area contributed by atoms with Gasteiger partial charge >= 0.3 is 5.97 Å². The number of likely N-dealkylation sites (tertiary alicyclic amines) is 2. The van der Waals surface area contributed by atoms with Crippen LogP contribution in [0.25, 0.3) is 0 Å². The first-order chi connectivity index (χ1) is 11.8. The number of carboxylic acids is 1. The molecule has 0 aliphatic carbocycles. The zero-order valence-electron chi connectivity index (χ0n) is 14.7. The van der Waals surface area contributed by atoms with Crippen molar-refractivity contribution in [3.63, 3.8) is 0 Å². The van der Waals surface area contributed by atoms with Crippen LogP contribution in [0.5, 0.6) is 0 Å². The topological polar surface area (TPSA) is 77.9 Å². The summed E-state index contributed by atoms with van der Waals surface area (Å²) in [6.45, 7) is 4.90. The van der Waals surface area contributed by atoms with Crippen molar-refractivity contribution in [3.05, 3.63) is 35.4 Å². The normalized spacial score (nSPS) is 26.3. The lowest BCUT2D eigenvalue weighted by molar-refractivity contribution is -0.156. The molecule has 2 fully saturated rings. The Balaban J connectivity index is 1.68. The van der Waals surface area contributed by atoms with Gasteiger partial charge in [0.1, 0.15) is 5.54 Å². The monoisotopic (exact) mass is 344 g/mol. The summed E-state index contributed by atoms with van der Waals surface area (Å²) < 4.78 is 0. The number of carbonyl (C=O) groups excluding carboxylic acids is 2. The van der Waals surface area contributed by atoms with Crippen molar-refractivity contribution in [3.8, 4) is 0 Å². The van der Waals surface area contributed by atoms with E-state index >= 15 is 0 Å². The highest BCUT2D eigenvalue weighted by Gasteiger charge is 2.49. The third-order valence-electron chi connectivity index (χ3n) is 5.43. The molecule has 1 aromatic carbocycles. The zero-order valence-corrected chi connectivity index (χ0v) is 14.7. The van der Waals surface area contributed by atoms with Crippen LogP contribution in [-0.2, 0) is 20.9 Å². The van der Waals surface area contributed by atoms with Gasteiger partial charge in [-0.1, -0.05) is 29.8 Å². The smallest absolute Gasteiger partial charge is 0.329 e. The van der Waals surface area contributed by atoms with E-state index in [1.807, 2.05) is 31.2 Å². The molecule has 2 saturated heterocycles. The van der Waals surface area contributed by atoms with Crippen LogP contribution in [0.15, 0.2) is 24.3 Å². The lowest BCUT2D eigenvalue weighted by atomic mass is 9.97. The van der Waals surface area contributed by atoms with E-state index in [0.29, 0.717) is 32.5 Å². The quantitative estimate of drug-likeness (QED) is 0.904. The van der Waals surface area contributed by atoms with Gasteiger partial charge in [-0.25, -0.2) is 4.79 Å². The average molecular weight is 344 g/mol. The number of hydrogen-bond acceptors (Lipinski definition) is 3. The molecule has 2 amide bonds. The lowest BCUT2D eigenvalue weighted by Crippen LogP contribution is -2.52. The molecule has 0 spiro atoms. The van der Waals surface area contributed by atoms with Gasteiger partial charge in [0.15, 0.2) is 0 Å². The Bertz CT molecular complexity index is 700. The molecular formula is C19H24N2O4. The number of aliphatic carboxylic acids is 1. The second kappa shape index (κ2) is 6.50. The summed E-state index contributed by atoms with van der Waals surface area (Å²) in [4.78, 5) is 39.9. The fraction of sp³-hybridized carbons (Fsp3) is 0.526. The van der Waals surface area contributed by atoms with Crippen molar-refractivity contribution in [2.45, 2.75) is 45.2 Å². The average Bonchev–Trinajstić information content (AvgIpc) is 3.13. The molecule has 2 heterocycles. The second-order valence-electron chi connectivity index (χ2n) is 7.33. The summed E-state index contributed by atoms with van der Waals surface area (Å²) in [6.07, 6.45) is 1.31. The van der Waals surface area contributed by atoms with Crippen LogP contribution in [0, 0.1) is 12.8 Å². The molecule has 3 rings (SSSR count). The summed E-state index contributed by atoms with van der Waals surface area (Å²) >= 11 is 0. The van der Waals surface area contributed by atoms with Gasteiger partial charge in [0.05, 0.1) is 5.92 Å². The predicted octanol–water partition coefficient (Wildman–Crippen LogP) is 1.81. The Morgan fingerprint density at radius 3 is 2.60 bits per heavy atom. The van der Waals surface area contributed by atoms with Crippen LogP contribution in [0.2, 0.25) is 0 Å². The molecule has 25 heavy (non-hydrogen) atoms. The van der Waals surface area contributed by atoms with E-state index in [4.69, 9.17) is 0 Å². The third kappa shape index (κ3) is 3.25. The zero-order chi connectivity index (χ0) is 18.2. The van der Waals surface area contributed by atoms with E-state index in [1.165, 1.54) is 4.90 Å². The van der Waals surface area contributed by atoms with Gasteiger partial charge in [0.25, 0.3) is 0 Å². The number of benzene rings is 1. The molecule has 6 nitrogen and oxygen atoms in total. The highest BCUT2D eigenvalue weighted by Crippen LogP contribution is 2.33. The molecule has 2 atom stereocenters. The van der Waals surface area contributed by atoms with Crippen molar-refractivity contribution in [2.75, 3.05) is 13.1 Å². The fourth-order valence-corrected chi connectivity index (χ4v) is 3.76. The summed E-state index contributed by atoms with van der Waals surface area (Å²) in [7, 11) is 0. The van der Waals surface area contributed by atoms with Gasteiger partial charge in [-0.15, -0.1) is 0 Å². The molecule has 0 saturated carbocycles. The molecule has 6 heteroatoms. The van der Waals surface area contributed by atoms with Crippen molar-refractivity contribution in [1.29, 1.82) is 0 Å². The van der Waals surface area contributed by atoms with E-state index in [2.05, 4.69) is 0 Å². The molecule has 2 aliphatic rings. The van der Waals surface area contributed by atoms with Gasteiger partial charge in [0.2, 0.25) is 11.8 Å². The Morgan fingerprint density at radius 1 is 1.28 bits per heavy atom. The van der Waals surface area contributed by atoms with Crippen LogP contribution in [0.3, 0.4) is 0 Å². The highest BCUT2D eigenvalue weighted by molar-refractivity contribution is 5.93. The molecule has 1 N–H and O–H groups in total. The van der Waals surface area contributed by atoms with Crippen molar-refractivity contribution >= 4 is 17.8 Å². The maximum Gasteiger partial charge on any atom is 0.329 e. The van der Waals surface area contributed by atoms with E-state index in [0.717, 1.165) is 11.1 Å². The number of rotatable bonds is 4. The maximum absolute atomic E-state index is 12.8. The minimum Gasteiger partial charge on any atom is -0.480 e. The molecule has 134 valence electrons. The fourth-order valence-electron chi connectivity index (χ4n) is 3.76. The number of hydrogen-bond donors (Lipinski definition) is 1. The highest BCUT2D eigenvalue weighted by atomic mass is 16.4. The molecule has 2 unspecified atom stereocenters. The maximum atomic E-state index is 12.8. The van der Waals surface area contributed by atoms with Crippen molar-refractivity contribution in [1.82, 2.24) is 9.80 Å². The largest absolute Gasteiger partial charge is 0.480 e. The molecule has 0 bridgehead atoms. The Labute approximate surface area is 147 Å². The summed E-state index contributed by atoms with van der Waals surface area (Å²) in [6, 6.07) is 7.97. The summed E-state index contributed by atoms with van der Waals surface area (Å²) in [5.74, 6) is -1.67. The number of nitrogens with zero attached hydrogens (tertiary/aromatic N) is 2. The molecule has 0 radical (unpaired) electrons. The third-order valence-corrected chi connectivity index (χ3v) is 5.43. The molecule has 2 aliphatic heterocycles. The minimum atomic E-state index is -1.15. The molecule has 0 aromatic heterocycles. The standard InChI is InChI=1S/C19H24N2O4/c1-13-4-6-14(7-5-13)11-20-12-15(10-16(20)22)17(23)21-9-3-8-19(21,2)18(24)25/h4-7,15H,3,8-12H2,1-2H3,(H,24,25). The summed E-state index contributed by atoms with van der Waals surface area (Å²) in [5.41, 5.74) is 1.04. The van der Waals surface area contributed by atoms with Crippen molar-refractivity contribution < 1.29 is 19.5 Å². The van der Waals surface area contributed by atoms with Crippen LogP contribution >= 0.6 is 0 Å². The number of amides is 2. The van der Waals surface area contributed by atoms with Gasteiger partial charge < -0.3 is 14.9 Å². The molecule has 1 aromatic rings. The predicted molar refractivity (Wildman–Crippen MR) is 91.7 cm³/mol. The Morgan fingerprint density at radius 2 is 1.96 bits per heavy atom. The van der Waals surface area contributed by atoms with Crippen LogP contribution < -0.4 is 0 Å². The first-order valence-electron chi connectivity index (χ1n) is 8.69. The van der Waals surface area contributed by atoms with E-state index in [1.54, 1.807) is 11.8 Å². The first-order valence-corrected chi connectivity index (χ1v) is 8.69. The van der Waals surface area contributed by atoms with Crippen LogP contribution in [-0.4, -0.2) is 51.3 Å². The van der Waals surface area contributed by atoms with Gasteiger partial charge in [-0.05, 0) is 32.3 Å². The van der Waals surface area contributed by atoms with Crippen molar-refractivity contribution in [2.24, 2.45) is 5.92 Å². The van der Waals surface area contributed by atoms with E-state index < -0.39 is 17.4 Å². The van der Waals surface area contributed by atoms with E-state index in [-0.39, 0.29) is 18.2 Å². The summed E-state index contributed by atoms with van der Waals surface area (Å²) in [5, 5.41) is 9.48. The number of aryl methyl sites for hydroxylation is 1. The van der Waals surface area contributed by atoms with Gasteiger partial charge in [-0.2, -0.15) is 0 Å². The molecular weight excluding hydrogens is 320 g/mol. The first kappa shape index (κ1) is 17.5. The Hall–Kier alpha value is -2.37. The van der Waals surface area contributed by atoms with Crippen LogP contribution in [0.1, 0.15) is 37.3 Å². The SMILES string of the molecule is Cc1ccc(CN2CC(C(=O)N3CCCC3(C)C(=O)O)CC2=O)cc1. The van der Waals surface area contributed by atoms with Gasteiger partial charge in [0, 0.05) is 26.1 Å². The second-order valence-corrected chi connectivity index (χ2v) is 7.33. The van der Waals surface area contributed by atoms with Crippen LogP contribution in [0.4, 0.5) is 0 Å². The Kier molecular flexibility index (Phi) is 4.54. The minimum absolute atomic E-state index is 0.0462. The van der Waals surface area contributed by atoms with E-state index in [9.17, 15) is 19.5 Å². The lowest BCUT2D eigenvalue weighted by Gasteiger charge is -2.33. The van der Waals surface area contributed by atoms with Gasteiger partial charge in [-0.3, -0.25) is 9.59 Å². The number of carbonyl (C=O) groups is 3. The number of carboxylic acid groups (broad SMARTS) is 1.